The molecule has 0 atom stereocenters. The Kier molecular flexibility index (Phi) is 5.15. The molecule has 4 aromatic heterocycles. The molecule has 0 N–H and O–H groups in total. The van der Waals surface area contributed by atoms with E-state index in [-0.39, 0.29) is 0 Å². The van der Waals surface area contributed by atoms with Crippen LogP contribution in [-0.2, 0) is 0 Å². The molecule has 0 bridgehead atoms. The highest BCUT2D eigenvalue weighted by Gasteiger charge is 2.00. The van der Waals surface area contributed by atoms with E-state index in [1.807, 2.05) is 48.5 Å². The third-order valence-electron chi connectivity index (χ3n) is 3.85. The second kappa shape index (κ2) is 8.40. The molecule has 0 aliphatic rings. The lowest BCUT2D eigenvalue weighted by atomic mass is 10.1. The van der Waals surface area contributed by atoms with Crippen molar-refractivity contribution in [2.45, 2.75) is 0 Å². The lowest BCUT2D eigenvalue weighted by Gasteiger charge is -2.00. The number of rotatable bonds is 1. The van der Waals surface area contributed by atoms with Gasteiger partial charge in [0, 0.05) is 59.4 Å². The van der Waals surface area contributed by atoms with Crippen molar-refractivity contribution in [2.75, 3.05) is 0 Å². The maximum absolute atomic E-state index is 4.46. The zero-order valence-electron chi connectivity index (χ0n) is 14.9. The minimum Gasteiger partial charge on any atom is -0.265 e. The van der Waals surface area contributed by atoms with Crippen LogP contribution in [0.1, 0.15) is 22.3 Å². The SMILES string of the molecule is C(#Cc1ccc(-c2ccc(C#Cc3ccncc3)cn2)nc1)c1ccncc1. The molecule has 28 heavy (non-hydrogen) atoms. The highest BCUT2D eigenvalue weighted by Crippen LogP contribution is 2.14. The highest BCUT2D eigenvalue weighted by atomic mass is 14.8. The summed E-state index contributed by atoms with van der Waals surface area (Å²) in [7, 11) is 0. The molecule has 4 rings (SSSR count). The molecule has 0 aliphatic carbocycles. The van der Waals surface area contributed by atoms with Crippen molar-refractivity contribution in [3.05, 3.63) is 108 Å². The maximum atomic E-state index is 4.46. The number of nitrogens with zero attached hydrogens (tertiary/aromatic N) is 4. The third-order valence-corrected chi connectivity index (χ3v) is 3.85. The first-order valence-electron chi connectivity index (χ1n) is 8.63. The van der Waals surface area contributed by atoms with Crippen molar-refractivity contribution >= 4 is 0 Å². The standard InChI is InChI=1S/C24H14N4/c1(19-9-13-25-14-10-19)3-21-5-7-23(27-17-21)24-8-6-22(18-28-24)4-2-20-11-15-26-16-12-20/h5-18H. The Balaban J connectivity index is 1.48. The largest absolute Gasteiger partial charge is 0.265 e. The van der Waals surface area contributed by atoms with Gasteiger partial charge in [0.1, 0.15) is 0 Å². The number of hydrogen-bond acceptors (Lipinski definition) is 4. The normalized spacial score (nSPS) is 9.57. The van der Waals surface area contributed by atoms with Crippen LogP contribution in [0.2, 0.25) is 0 Å². The number of hydrogen-bond donors (Lipinski definition) is 0. The molecule has 4 aromatic rings. The zero-order valence-corrected chi connectivity index (χ0v) is 14.9. The summed E-state index contributed by atoms with van der Waals surface area (Å²) in [5.41, 5.74) is 5.13. The molecule has 0 saturated heterocycles. The van der Waals surface area contributed by atoms with Gasteiger partial charge in [-0.05, 0) is 48.5 Å². The van der Waals surface area contributed by atoms with Crippen LogP contribution in [0.5, 0.6) is 0 Å². The first-order chi connectivity index (χ1) is 13.9. The van der Waals surface area contributed by atoms with Crippen LogP contribution >= 0.6 is 0 Å². The average molecular weight is 358 g/mol. The second-order valence-corrected chi connectivity index (χ2v) is 5.84. The second-order valence-electron chi connectivity index (χ2n) is 5.84. The number of pyridine rings is 4. The number of aromatic nitrogens is 4. The molecule has 0 fully saturated rings. The Morgan fingerprint density at radius 3 is 1.18 bits per heavy atom. The average Bonchev–Trinajstić information content (AvgIpc) is 2.78. The van der Waals surface area contributed by atoms with Gasteiger partial charge in [0.05, 0.1) is 11.4 Å². The fourth-order valence-electron chi connectivity index (χ4n) is 2.40. The molecule has 0 aromatic carbocycles. The first kappa shape index (κ1) is 17.1. The molecule has 130 valence electrons. The minimum atomic E-state index is 0.795. The highest BCUT2D eigenvalue weighted by molar-refractivity contribution is 5.56. The van der Waals surface area contributed by atoms with Crippen LogP contribution in [-0.4, -0.2) is 19.9 Å². The summed E-state index contributed by atoms with van der Waals surface area (Å²) in [4.78, 5) is 16.9. The van der Waals surface area contributed by atoms with Gasteiger partial charge in [-0.15, -0.1) is 0 Å². The molecule has 0 aliphatic heterocycles. The maximum Gasteiger partial charge on any atom is 0.0887 e. The van der Waals surface area contributed by atoms with Gasteiger partial charge in [0.2, 0.25) is 0 Å². The van der Waals surface area contributed by atoms with Gasteiger partial charge in [-0.25, -0.2) is 0 Å². The lowest BCUT2D eigenvalue weighted by molar-refractivity contribution is 1.23. The summed E-state index contributed by atoms with van der Waals surface area (Å²) < 4.78 is 0. The Hall–Kier alpha value is -4.28. The van der Waals surface area contributed by atoms with E-state index in [1.165, 1.54) is 0 Å². The predicted molar refractivity (Wildman–Crippen MR) is 108 cm³/mol. The van der Waals surface area contributed by atoms with Crippen molar-refractivity contribution in [3.63, 3.8) is 0 Å². The lowest BCUT2D eigenvalue weighted by Crippen LogP contribution is -1.89. The molecular weight excluding hydrogens is 344 g/mol. The summed E-state index contributed by atoms with van der Waals surface area (Å²) in [5, 5.41) is 0. The van der Waals surface area contributed by atoms with Crippen molar-refractivity contribution < 1.29 is 0 Å². The Morgan fingerprint density at radius 1 is 0.429 bits per heavy atom. The van der Waals surface area contributed by atoms with Crippen molar-refractivity contribution in [1.82, 2.24) is 19.9 Å². The quantitative estimate of drug-likeness (QED) is 0.487. The summed E-state index contributed by atoms with van der Waals surface area (Å²) >= 11 is 0. The predicted octanol–water partition coefficient (Wildman–Crippen LogP) is 3.73. The molecule has 4 nitrogen and oxygen atoms in total. The van der Waals surface area contributed by atoms with Gasteiger partial charge in [-0.1, -0.05) is 23.7 Å². The van der Waals surface area contributed by atoms with Gasteiger partial charge in [-0.2, -0.15) is 0 Å². The van der Waals surface area contributed by atoms with Crippen molar-refractivity contribution in [2.24, 2.45) is 0 Å². The molecule has 0 radical (unpaired) electrons. The van der Waals surface area contributed by atoms with E-state index < -0.39 is 0 Å². The van der Waals surface area contributed by atoms with Crippen molar-refractivity contribution in [1.29, 1.82) is 0 Å². The molecule has 0 spiro atoms. The molecule has 0 amide bonds. The van der Waals surface area contributed by atoms with E-state index >= 15 is 0 Å². The molecule has 4 heteroatoms. The van der Waals surface area contributed by atoms with E-state index in [0.29, 0.717) is 0 Å². The zero-order chi connectivity index (χ0) is 19.0. The third kappa shape index (κ3) is 4.46. The Morgan fingerprint density at radius 2 is 0.821 bits per heavy atom. The van der Waals surface area contributed by atoms with E-state index in [1.54, 1.807) is 37.2 Å². The summed E-state index contributed by atoms with van der Waals surface area (Å²) in [6.45, 7) is 0. The van der Waals surface area contributed by atoms with Crippen LogP contribution in [0.25, 0.3) is 11.4 Å². The van der Waals surface area contributed by atoms with Gasteiger partial charge in [0.15, 0.2) is 0 Å². The summed E-state index contributed by atoms with van der Waals surface area (Å²) in [5.74, 6) is 12.4. The summed E-state index contributed by atoms with van der Waals surface area (Å²) in [6, 6.07) is 15.2. The molecule has 0 saturated carbocycles. The van der Waals surface area contributed by atoms with E-state index in [2.05, 4.69) is 43.6 Å². The van der Waals surface area contributed by atoms with Crippen LogP contribution in [0.15, 0.2) is 85.7 Å². The Bertz CT molecular complexity index is 1080. The van der Waals surface area contributed by atoms with Crippen LogP contribution in [0.4, 0.5) is 0 Å². The molecular formula is C24H14N4. The van der Waals surface area contributed by atoms with Gasteiger partial charge in [0.25, 0.3) is 0 Å². The van der Waals surface area contributed by atoms with Crippen LogP contribution < -0.4 is 0 Å². The fraction of sp³-hybridized carbons (Fsp3) is 0. The van der Waals surface area contributed by atoms with Crippen LogP contribution in [0.3, 0.4) is 0 Å². The topological polar surface area (TPSA) is 51.6 Å². The summed E-state index contributed by atoms with van der Waals surface area (Å²) in [6.07, 6.45) is 10.4. The smallest absolute Gasteiger partial charge is 0.0887 e. The van der Waals surface area contributed by atoms with E-state index in [9.17, 15) is 0 Å². The molecule has 0 unspecified atom stereocenters. The van der Waals surface area contributed by atoms with E-state index in [0.717, 1.165) is 33.6 Å². The minimum absolute atomic E-state index is 0.795. The van der Waals surface area contributed by atoms with Gasteiger partial charge < -0.3 is 0 Å². The van der Waals surface area contributed by atoms with Crippen molar-refractivity contribution in [3.8, 4) is 35.1 Å². The van der Waals surface area contributed by atoms with Crippen LogP contribution in [0, 0.1) is 23.7 Å². The van der Waals surface area contributed by atoms with E-state index in [4.69, 9.17) is 0 Å². The van der Waals surface area contributed by atoms with Gasteiger partial charge in [-0.3, -0.25) is 19.9 Å². The van der Waals surface area contributed by atoms with Gasteiger partial charge >= 0.3 is 0 Å². The fourth-order valence-corrected chi connectivity index (χ4v) is 2.40. The first-order valence-corrected chi connectivity index (χ1v) is 8.63. The monoisotopic (exact) mass is 358 g/mol. The Labute approximate surface area is 163 Å². The molecule has 4 heterocycles.